The Morgan fingerprint density at radius 1 is 1.43 bits per heavy atom. The van der Waals surface area contributed by atoms with Crippen LogP contribution >= 0.6 is 0 Å². The van der Waals surface area contributed by atoms with Gasteiger partial charge in [0, 0.05) is 27.1 Å². The molecule has 1 aliphatic heterocycles. The maximum absolute atomic E-state index is 5.29. The Balaban J connectivity index is 1.95. The first-order valence-electron chi connectivity index (χ1n) is 4.87. The van der Waals surface area contributed by atoms with Crippen LogP contribution in [0.4, 0.5) is 5.95 Å². The molecule has 0 radical (unpaired) electrons. The minimum Gasteiger partial charge on any atom is -0.381 e. The number of ether oxygens (including phenoxy) is 1. The second kappa shape index (κ2) is 3.96. The Bertz CT molecular complexity index is 292. The van der Waals surface area contributed by atoms with Gasteiger partial charge in [-0.2, -0.15) is 4.98 Å². The minimum atomic E-state index is 0.388. The minimum absolute atomic E-state index is 0.388. The summed E-state index contributed by atoms with van der Waals surface area (Å²) in [5, 5.41) is 3.89. The molecular weight excluding hydrogens is 182 g/mol. The first-order chi connectivity index (χ1) is 6.79. The molecule has 0 aromatic carbocycles. The van der Waals surface area contributed by atoms with Crippen LogP contribution in [0.1, 0.15) is 18.7 Å². The highest BCUT2D eigenvalue weighted by atomic mass is 16.5. The van der Waals surface area contributed by atoms with Crippen LogP contribution in [0.5, 0.6) is 0 Å². The standard InChI is InChI=1S/C9H15N3O2/c1-7-10-9(11-14-7)12-5-3-8(13-2)4-6-12/h8H,3-6H2,1-2H3. The first kappa shape index (κ1) is 9.45. The van der Waals surface area contributed by atoms with Gasteiger partial charge in [-0.1, -0.05) is 0 Å². The average molecular weight is 197 g/mol. The Hall–Kier alpha value is -1.10. The molecule has 0 saturated carbocycles. The van der Waals surface area contributed by atoms with E-state index in [2.05, 4.69) is 15.0 Å². The van der Waals surface area contributed by atoms with Gasteiger partial charge in [0.05, 0.1) is 6.10 Å². The van der Waals surface area contributed by atoms with Gasteiger partial charge in [0.15, 0.2) is 0 Å². The summed E-state index contributed by atoms with van der Waals surface area (Å²) >= 11 is 0. The van der Waals surface area contributed by atoms with Crippen molar-refractivity contribution in [3.8, 4) is 0 Å². The normalized spacial score (nSPS) is 18.9. The molecule has 5 nitrogen and oxygen atoms in total. The van der Waals surface area contributed by atoms with E-state index in [0.717, 1.165) is 25.9 Å². The lowest BCUT2D eigenvalue weighted by atomic mass is 10.1. The number of hydrogen-bond donors (Lipinski definition) is 0. The van der Waals surface area contributed by atoms with Crippen molar-refractivity contribution in [2.45, 2.75) is 25.9 Å². The lowest BCUT2D eigenvalue weighted by Crippen LogP contribution is -2.37. The van der Waals surface area contributed by atoms with Crippen LogP contribution in [0.15, 0.2) is 4.52 Å². The summed E-state index contributed by atoms with van der Waals surface area (Å²) in [6.45, 7) is 3.69. The summed E-state index contributed by atoms with van der Waals surface area (Å²) < 4.78 is 10.2. The highest BCUT2D eigenvalue weighted by molar-refractivity contribution is 5.28. The van der Waals surface area contributed by atoms with Gasteiger partial charge in [0.1, 0.15) is 0 Å². The van der Waals surface area contributed by atoms with Crippen LogP contribution in [-0.2, 0) is 4.74 Å². The van der Waals surface area contributed by atoms with Gasteiger partial charge in [-0.25, -0.2) is 0 Å². The molecule has 0 N–H and O–H groups in total. The lowest BCUT2D eigenvalue weighted by Gasteiger charge is -2.29. The molecule has 1 saturated heterocycles. The van der Waals surface area contributed by atoms with E-state index in [0.29, 0.717) is 17.9 Å². The van der Waals surface area contributed by atoms with Crippen LogP contribution < -0.4 is 4.90 Å². The average Bonchev–Trinajstić information content (AvgIpc) is 2.65. The van der Waals surface area contributed by atoms with Crippen molar-refractivity contribution in [3.05, 3.63) is 5.89 Å². The van der Waals surface area contributed by atoms with Gasteiger partial charge >= 0.3 is 0 Å². The maximum Gasteiger partial charge on any atom is 0.266 e. The molecule has 1 aliphatic rings. The van der Waals surface area contributed by atoms with Crippen molar-refractivity contribution in [2.75, 3.05) is 25.1 Å². The fourth-order valence-electron chi connectivity index (χ4n) is 1.71. The summed E-state index contributed by atoms with van der Waals surface area (Å²) in [5.74, 6) is 1.32. The smallest absolute Gasteiger partial charge is 0.266 e. The number of methoxy groups -OCH3 is 1. The van der Waals surface area contributed by atoms with Gasteiger partial charge in [0.2, 0.25) is 5.89 Å². The van der Waals surface area contributed by atoms with Gasteiger partial charge in [-0.3, -0.25) is 0 Å². The fourth-order valence-corrected chi connectivity index (χ4v) is 1.71. The molecular formula is C9H15N3O2. The Morgan fingerprint density at radius 3 is 2.64 bits per heavy atom. The number of hydrogen-bond acceptors (Lipinski definition) is 5. The quantitative estimate of drug-likeness (QED) is 0.707. The molecule has 0 aliphatic carbocycles. The Kier molecular flexibility index (Phi) is 2.67. The number of anilines is 1. The molecule has 0 spiro atoms. The number of piperidine rings is 1. The molecule has 5 heteroatoms. The van der Waals surface area contributed by atoms with Crippen molar-refractivity contribution in [2.24, 2.45) is 0 Å². The Morgan fingerprint density at radius 2 is 2.14 bits per heavy atom. The van der Waals surface area contributed by atoms with Crippen LogP contribution in [0.2, 0.25) is 0 Å². The SMILES string of the molecule is COC1CCN(c2noc(C)n2)CC1. The molecule has 0 amide bonds. The number of aromatic nitrogens is 2. The van der Waals surface area contributed by atoms with Gasteiger partial charge in [-0.15, -0.1) is 0 Å². The third kappa shape index (κ3) is 1.87. The highest BCUT2D eigenvalue weighted by Crippen LogP contribution is 2.17. The molecule has 1 fully saturated rings. The number of nitrogens with zero attached hydrogens (tertiary/aromatic N) is 3. The van der Waals surface area contributed by atoms with E-state index >= 15 is 0 Å². The van der Waals surface area contributed by atoms with E-state index in [1.165, 1.54) is 0 Å². The van der Waals surface area contributed by atoms with Gasteiger partial charge in [-0.05, 0) is 18.0 Å². The van der Waals surface area contributed by atoms with Crippen molar-refractivity contribution in [3.63, 3.8) is 0 Å². The van der Waals surface area contributed by atoms with Crippen molar-refractivity contribution in [1.82, 2.24) is 10.1 Å². The monoisotopic (exact) mass is 197 g/mol. The topological polar surface area (TPSA) is 51.4 Å². The molecule has 14 heavy (non-hydrogen) atoms. The second-order valence-electron chi connectivity index (χ2n) is 3.54. The molecule has 0 bridgehead atoms. The van der Waals surface area contributed by atoms with E-state index in [1.54, 1.807) is 14.0 Å². The predicted molar refractivity (Wildman–Crippen MR) is 51.3 cm³/mol. The molecule has 1 aromatic rings. The third-order valence-corrected chi connectivity index (χ3v) is 2.58. The van der Waals surface area contributed by atoms with Crippen LogP contribution in [0.3, 0.4) is 0 Å². The number of rotatable bonds is 2. The van der Waals surface area contributed by atoms with E-state index in [1.807, 2.05) is 0 Å². The zero-order valence-corrected chi connectivity index (χ0v) is 8.56. The molecule has 2 heterocycles. The van der Waals surface area contributed by atoms with Crippen LogP contribution in [0, 0.1) is 6.92 Å². The molecule has 0 unspecified atom stereocenters. The zero-order valence-electron chi connectivity index (χ0n) is 8.56. The Labute approximate surface area is 83.0 Å². The summed E-state index contributed by atoms with van der Waals surface area (Å²) in [6.07, 6.45) is 2.45. The van der Waals surface area contributed by atoms with Crippen molar-refractivity contribution >= 4 is 5.95 Å². The second-order valence-corrected chi connectivity index (χ2v) is 3.54. The molecule has 2 rings (SSSR count). The fraction of sp³-hybridized carbons (Fsp3) is 0.778. The number of aryl methyl sites for hydroxylation is 1. The van der Waals surface area contributed by atoms with Crippen molar-refractivity contribution in [1.29, 1.82) is 0 Å². The van der Waals surface area contributed by atoms with Gasteiger partial charge < -0.3 is 14.2 Å². The van der Waals surface area contributed by atoms with E-state index in [-0.39, 0.29) is 0 Å². The molecule has 0 atom stereocenters. The van der Waals surface area contributed by atoms with E-state index in [4.69, 9.17) is 9.26 Å². The highest BCUT2D eigenvalue weighted by Gasteiger charge is 2.21. The largest absolute Gasteiger partial charge is 0.381 e. The van der Waals surface area contributed by atoms with E-state index in [9.17, 15) is 0 Å². The first-order valence-corrected chi connectivity index (χ1v) is 4.87. The lowest BCUT2D eigenvalue weighted by molar-refractivity contribution is 0.0816. The summed E-state index contributed by atoms with van der Waals surface area (Å²) in [4.78, 5) is 6.32. The van der Waals surface area contributed by atoms with Gasteiger partial charge in [0.25, 0.3) is 5.95 Å². The molecule has 78 valence electrons. The third-order valence-electron chi connectivity index (χ3n) is 2.58. The van der Waals surface area contributed by atoms with E-state index < -0.39 is 0 Å². The van der Waals surface area contributed by atoms with Crippen LogP contribution in [0.25, 0.3) is 0 Å². The summed E-state index contributed by atoms with van der Waals surface area (Å²) in [7, 11) is 1.76. The summed E-state index contributed by atoms with van der Waals surface area (Å²) in [5.41, 5.74) is 0. The zero-order chi connectivity index (χ0) is 9.97. The molecule has 1 aromatic heterocycles. The maximum atomic E-state index is 5.29. The summed E-state index contributed by atoms with van der Waals surface area (Å²) in [6, 6.07) is 0. The predicted octanol–water partition coefficient (Wildman–Crippen LogP) is 0.993. The van der Waals surface area contributed by atoms with Crippen LogP contribution in [-0.4, -0.2) is 36.4 Å². The van der Waals surface area contributed by atoms with Crippen molar-refractivity contribution < 1.29 is 9.26 Å².